The molecule has 0 N–H and O–H groups in total. The van der Waals surface area contributed by atoms with Crippen LogP contribution in [0.1, 0.15) is 30.0 Å². The van der Waals surface area contributed by atoms with Crippen LogP contribution in [0.15, 0.2) is 60.7 Å². The van der Waals surface area contributed by atoms with Gasteiger partial charge in [-0.15, -0.1) is 10.2 Å². The molecule has 33 heavy (non-hydrogen) atoms. The van der Waals surface area contributed by atoms with Crippen molar-refractivity contribution in [2.24, 2.45) is 0 Å². The second kappa shape index (κ2) is 9.10. The number of hydrogen-bond acceptors (Lipinski definition) is 5. The fourth-order valence-corrected chi connectivity index (χ4v) is 4.63. The van der Waals surface area contributed by atoms with Gasteiger partial charge in [-0.1, -0.05) is 55.5 Å². The Hall–Kier alpha value is -3.60. The Morgan fingerprint density at radius 2 is 1.55 bits per heavy atom. The number of nitrogens with zero attached hydrogens (tertiary/aromatic N) is 3. The molecule has 5 heteroatoms. The topological polar surface area (TPSA) is 47.5 Å². The van der Waals surface area contributed by atoms with Gasteiger partial charge in [-0.05, 0) is 49.1 Å². The van der Waals surface area contributed by atoms with Gasteiger partial charge in [0.25, 0.3) is 0 Å². The van der Waals surface area contributed by atoms with Crippen molar-refractivity contribution >= 4 is 16.6 Å². The van der Waals surface area contributed by atoms with Gasteiger partial charge in [0.05, 0.1) is 0 Å². The minimum Gasteiger partial charge on any atom is -0.486 e. The van der Waals surface area contributed by atoms with E-state index in [9.17, 15) is 0 Å². The molecule has 4 aromatic rings. The second-order valence-electron chi connectivity index (χ2n) is 8.58. The molecule has 0 aliphatic carbocycles. The molecule has 0 saturated heterocycles. The zero-order valence-electron chi connectivity index (χ0n) is 19.5. The lowest BCUT2D eigenvalue weighted by molar-refractivity contribution is 0.171. The lowest BCUT2D eigenvalue weighted by atomic mass is 9.96. The van der Waals surface area contributed by atoms with Crippen molar-refractivity contribution < 1.29 is 9.47 Å². The van der Waals surface area contributed by atoms with E-state index >= 15 is 0 Å². The Bertz CT molecular complexity index is 1280. The van der Waals surface area contributed by atoms with Crippen molar-refractivity contribution in [1.82, 2.24) is 10.2 Å². The van der Waals surface area contributed by atoms with E-state index in [4.69, 9.17) is 19.7 Å². The van der Waals surface area contributed by atoms with Gasteiger partial charge in [-0.2, -0.15) is 0 Å². The summed E-state index contributed by atoms with van der Waals surface area (Å²) in [5, 5.41) is 11.8. The first-order valence-electron chi connectivity index (χ1n) is 11.6. The third-order valence-electron chi connectivity index (χ3n) is 6.16. The first-order chi connectivity index (χ1) is 16.2. The maximum Gasteiger partial charge on any atom is 0.161 e. The average molecular weight is 440 g/mol. The molecule has 1 aliphatic heterocycles. The van der Waals surface area contributed by atoms with Crippen molar-refractivity contribution in [3.8, 4) is 22.8 Å². The maximum absolute atomic E-state index is 5.80. The molecule has 3 aromatic carbocycles. The highest BCUT2D eigenvalue weighted by molar-refractivity contribution is 6.01. The number of hydrogen-bond donors (Lipinski definition) is 0. The van der Waals surface area contributed by atoms with Crippen LogP contribution in [0.25, 0.3) is 22.0 Å². The summed E-state index contributed by atoms with van der Waals surface area (Å²) < 4.78 is 11.5. The van der Waals surface area contributed by atoms with Gasteiger partial charge >= 0.3 is 0 Å². The summed E-state index contributed by atoms with van der Waals surface area (Å²) >= 11 is 0. The van der Waals surface area contributed by atoms with Crippen LogP contribution in [0, 0.1) is 13.8 Å². The molecule has 2 heterocycles. The standard InChI is InChI=1S/C28H29N3O2/c1-4-14-31(18-21-12-13-24-25(17-21)33-16-15-32-24)28-23-11-6-5-10-22(23)27(29-30-28)26-19(2)8-7-9-20(26)3/h5-13,17H,4,14-16,18H2,1-3H3. The largest absolute Gasteiger partial charge is 0.486 e. The molecule has 0 bridgehead atoms. The van der Waals surface area contributed by atoms with E-state index in [1.165, 1.54) is 16.7 Å². The Morgan fingerprint density at radius 1 is 0.818 bits per heavy atom. The smallest absolute Gasteiger partial charge is 0.161 e. The van der Waals surface area contributed by atoms with Crippen molar-refractivity contribution in [3.05, 3.63) is 77.4 Å². The number of benzene rings is 3. The number of fused-ring (bicyclic) bond motifs is 2. The molecule has 168 valence electrons. The van der Waals surface area contributed by atoms with Crippen molar-refractivity contribution in [2.45, 2.75) is 33.7 Å². The lowest BCUT2D eigenvalue weighted by Gasteiger charge is -2.26. The third kappa shape index (κ3) is 4.11. The fourth-order valence-electron chi connectivity index (χ4n) is 4.63. The summed E-state index contributed by atoms with van der Waals surface area (Å²) in [5.74, 6) is 2.55. The van der Waals surface area contributed by atoms with Gasteiger partial charge in [0.1, 0.15) is 18.9 Å². The van der Waals surface area contributed by atoms with E-state index in [2.05, 4.69) is 80.3 Å². The molecule has 5 nitrogen and oxygen atoms in total. The van der Waals surface area contributed by atoms with E-state index in [0.717, 1.165) is 58.9 Å². The molecule has 1 aromatic heterocycles. The molecule has 0 radical (unpaired) electrons. The van der Waals surface area contributed by atoms with Gasteiger partial charge < -0.3 is 14.4 Å². The van der Waals surface area contributed by atoms with Gasteiger partial charge in [0.15, 0.2) is 17.3 Å². The minimum absolute atomic E-state index is 0.588. The van der Waals surface area contributed by atoms with Gasteiger partial charge in [0, 0.05) is 29.4 Å². The molecule has 0 unspecified atom stereocenters. The highest BCUT2D eigenvalue weighted by Crippen LogP contribution is 2.36. The molecule has 5 rings (SSSR count). The van der Waals surface area contributed by atoms with Gasteiger partial charge in [0.2, 0.25) is 0 Å². The zero-order valence-corrected chi connectivity index (χ0v) is 19.5. The number of aromatic nitrogens is 2. The SMILES string of the molecule is CCCN(Cc1ccc2c(c1)OCCO2)c1nnc(-c2c(C)cccc2C)c2ccccc12. The predicted molar refractivity (Wildman–Crippen MR) is 133 cm³/mol. The summed E-state index contributed by atoms with van der Waals surface area (Å²) in [6, 6.07) is 21.0. The Balaban J connectivity index is 1.58. The fraction of sp³-hybridized carbons (Fsp3) is 0.286. The van der Waals surface area contributed by atoms with E-state index in [-0.39, 0.29) is 0 Å². The quantitative estimate of drug-likeness (QED) is 0.363. The molecule has 0 fully saturated rings. The van der Waals surface area contributed by atoms with Crippen LogP contribution < -0.4 is 14.4 Å². The van der Waals surface area contributed by atoms with Crippen LogP contribution in [-0.4, -0.2) is 30.0 Å². The third-order valence-corrected chi connectivity index (χ3v) is 6.16. The molecular weight excluding hydrogens is 410 g/mol. The summed E-state index contributed by atoms with van der Waals surface area (Å²) in [7, 11) is 0. The number of aryl methyl sites for hydroxylation is 2. The Kier molecular flexibility index (Phi) is 5.86. The highest BCUT2D eigenvalue weighted by Gasteiger charge is 2.19. The van der Waals surface area contributed by atoms with Crippen LogP contribution in [0.2, 0.25) is 0 Å². The van der Waals surface area contributed by atoms with Crippen LogP contribution in [0.5, 0.6) is 11.5 Å². The van der Waals surface area contributed by atoms with Crippen LogP contribution >= 0.6 is 0 Å². The van der Waals surface area contributed by atoms with Crippen molar-refractivity contribution in [2.75, 3.05) is 24.7 Å². The first-order valence-corrected chi connectivity index (χ1v) is 11.6. The molecule has 1 aliphatic rings. The monoisotopic (exact) mass is 439 g/mol. The first kappa shape index (κ1) is 21.3. The molecule has 0 atom stereocenters. The van der Waals surface area contributed by atoms with E-state index in [1.807, 2.05) is 6.07 Å². The van der Waals surface area contributed by atoms with Crippen LogP contribution in [0.3, 0.4) is 0 Å². The molecular formula is C28H29N3O2. The summed E-state index contributed by atoms with van der Waals surface area (Å²) in [4.78, 5) is 2.31. The minimum atomic E-state index is 0.588. The predicted octanol–water partition coefficient (Wildman–Crippen LogP) is 6.10. The normalized spacial score (nSPS) is 12.7. The average Bonchev–Trinajstić information content (AvgIpc) is 2.84. The number of ether oxygens (including phenoxy) is 2. The Morgan fingerprint density at radius 3 is 2.30 bits per heavy atom. The molecule has 0 spiro atoms. The van der Waals surface area contributed by atoms with Crippen LogP contribution in [-0.2, 0) is 6.54 Å². The number of rotatable bonds is 6. The summed E-state index contributed by atoms with van der Waals surface area (Å²) in [6.45, 7) is 9.27. The van der Waals surface area contributed by atoms with Crippen molar-refractivity contribution in [1.29, 1.82) is 0 Å². The number of anilines is 1. The van der Waals surface area contributed by atoms with E-state index in [1.54, 1.807) is 0 Å². The van der Waals surface area contributed by atoms with Gasteiger partial charge in [-0.3, -0.25) is 0 Å². The molecule has 0 saturated carbocycles. The molecule has 0 amide bonds. The van der Waals surface area contributed by atoms with Crippen LogP contribution in [0.4, 0.5) is 5.82 Å². The van der Waals surface area contributed by atoms with Crippen molar-refractivity contribution in [3.63, 3.8) is 0 Å². The maximum atomic E-state index is 5.80. The van der Waals surface area contributed by atoms with E-state index < -0.39 is 0 Å². The highest BCUT2D eigenvalue weighted by atomic mass is 16.6. The van der Waals surface area contributed by atoms with E-state index in [0.29, 0.717) is 13.2 Å². The second-order valence-corrected chi connectivity index (χ2v) is 8.58. The zero-order chi connectivity index (χ0) is 22.8. The summed E-state index contributed by atoms with van der Waals surface area (Å²) in [6.07, 6.45) is 1.01. The summed E-state index contributed by atoms with van der Waals surface area (Å²) in [5.41, 5.74) is 5.70. The lowest BCUT2D eigenvalue weighted by Crippen LogP contribution is -2.25. The van der Waals surface area contributed by atoms with Gasteiger partial charge in [-0.25, -0.2) is 0 Å². The Labute approximate surface area is 195 Å².